The zero-order chi connectivity index (χ0) is 7.40. The molecule has 0 aromatic rings. The molecule has 1 aliphatic rings. The average molecular weight is 141 g/mol. The maximum atomic E-state index is 4.92. The Hall–Kier alpha value is -0.700. The molecule has 0 fully saturated rings. The fourth-order valence-corrected chi connectivity index (χ4v) is 0.831. The number of ether oxygens (including phenoxy) is 1. The molecule has 0 atom stereocenters. The second-order valence-corrected chi connectivity index (χ2v) is 2.31. The molecule has 0 saturated heterocycles. The van der Waals surface area contributed by atoms with Crippen LogP contribution in [0.3, 0.4) is 0 Å². The lowest BCUT2D eigenvalue weighted by Gasteiger charge is -2.15. The van der Waals surface area contributed by atoms with Crippen LogP contribution in [-0.4, -0.2) is 37.1 Å². The molecule has 0 aromatic carbocycles. The topological polar surface area (TPSA) is 15.7 Å². The van der Waals surface area contributed by atoms with Crippen LogP contribution in [0.5, 0.6) is 0 Å². The van der Waals surface area contributed by atoms with E-state index in [1.165, 1.54) is 0 Å². The van der Waals surface area contributed by atoms with Crippen molar-refractivity contribution in [2.75, 3.05) is 27.3 Å². The van der Waals surface area contributed by atoms with Crippen LogP contribution in [0.2, 0.25) is 0 Å². The molecule has 1 aliphatic heterocycles. The number of hydrogen-bond acceptors (Lipinski definition) is 3. The van der Waals surface area contributed by atoms with E-state index < -0.39 is 0 Å². The second-order valence-electron chi connectivity index (χ2n) is 2.31. The van der Waals surface area contributed by atoms with Gasteiger partial charge in [0.1, 0.15) is 6.67 Å². The van der Waals surface area contributed by atoms with Crippen LogP contribution in [0.25, 0.3) is 0 Å². The molecule has 0 amide bonds. The summed E-state index contributed by atoms with van der Waals surface area (Å²) in [6.07, 6.45) is 4.04. The fourth-order valence-electron chi connectivity index (χ4n) is 0.831. The minimum Gasteiger partial charge on any atom is -0.383 e. The van der Waals surface area contributed by atoms with E-state index in [1.54, 1.807) is 7.11 Å². The van der Waals surface area contributed by atoms with Gasteiger partial charge in [0.25, 0.3) is 0 Å². The Balaban J connectivity index is 2.14. The standard InChI is InChI=1S/C7H13N2O/c1-8-3-4-9(7-8)5-6-10-2/h3-4,7H,5-6H2,1-2H3. The van der Waals surface area contributed by atoms with Gasteiger partial charge in [-0.1, -0.05) is 0 Å². The van der Waals surface area contributed by atoms with Crippen molar-refractivity contribution >= 4 is 0 Å². The zero-order valence-corrected chi connectivity index (χ0v) is 6.45. The van der Waals surface area contributed by atoms with E-state index >= 15 is 0 Å². The predicted molar refractivity (Wildman–Crippen MR) is 39.8 cm³/mol. The molecule has 57 valence electrons. The van der Waals surface area contributed by atoms with Crippen LogP contribution in [0.4, 0.5) is 0 Å². The molecule has 3 heteroatoms. The molecule has 0 aromatic heterocycles. The Kier molecular flexibility index (Phi) is 2.57. The van der Waals surface area contributed by atoms with Gasteiger partial charge in [-0.25, -0.2) is 0 Å². The van der Waals surface area contributed by atoms with Crippen molar-refractivity contribution in [3.05, 3.63) is 19.1 Å². The van der Waals surface area contributed by atoms with Crippen LogP contribution in [0.1, 0.15) is 0 Å². The lowest BCUT2D eigenvalue weighted by atomic mass is 10.6. The van der Waals surface area contributed by atoms with Crippen molar-refractivity contribution in [3.63, 3.8) is 0 Å². The van der Waals surface area contributed by atoms with Crippen LogP contribution in [0, 0.1) is 6.67 Å². The van der Waals surface area contributed by atoms with Gasteiger partial charge in [-0.2, -0.15) is 0 Å². The Labute approximate surface area is 61.9 Å². The van der Waals surface area contributed by atoms with E-state index in [2.05, 4.69) is 4.90 Å². The molecule has 0 aliphatic carbocycles. The maximum absolute atomic E-state index is 4.92. The number of hydrogen-bond donors (Lipinski definition) is 0. The Morgan fingerprint density at radius 1 is 1.40 bits per heavy atom. The molecule has 0 N–H and O–H groups in total. The zero-order valence-electron chi connectivity index (χ0n) is 6.45. The lowest BCUT2D eigenvalue weighted by Crippen LogP contribution is -2.20. The first-order chi connectivity index (χ1) is 4.83. The van der Waals surface area contributed by atoms with Gasteiger partial charge < -0.3 is 14.5 Å². The SMILES string of the molecule is COCCN1[CH]N(C)C=C1. The fraction of sp³-hybridized carbons (Fsp3) is 0.571. The van der Waals surface area contributed by atoms with Crippen molar-refractivity contribution in [2.24, 2.45) is 0 Å². The first kappa shape index (κ1) is 7.41. The normalized spacial score (nSPS) is 17.0. The van der Waals surface area contributed by atoms with Crippen molar-refractivity contribution in [2.45, 2.75) is 0 Å². The maximum Gasteiger partial charge on any atom is 0.141 e. The summed E-state index contributed by atoms with van der Waals surface area (Å²) < 4.78 is 4.92. The molecule has 1 radical (unpaired) electrons. The highest BCUT2D eigenvalue weighted by molar-refractivity contribution is 4.94. The molecule has 1 rings (SSSR count). The van der Waals surface area contributed by atoms with Crippen molar-refractivity contribution in [3.8, 4) is 0 Å². The summed E-state index contributed by atoms with van der Waals surface area (Å²) in [6, 6.07) is 0. The van der Waals surface area contributed by atoms with Gasteiger partial charge in [-0.3, -0.25) is 0 Å². The summed E-state index contributed by atoms with van der Waals surface area (Å²) in [5.41, 5.74) is 0. The molecule has 10 heavy (non-hydrogen) atoms. The highest BCUT2D eigenvalue weighted by Crippen LogP contribution is 2.06. The van der Waals surface area contributed by atoms with E-state index in [4.69, 9.17) is 4.74 Å². The van der Waals surface area contributed by atoms with Crippen LogP contribution in [0.15, 0.2) is 12.4 Å². The Morgan fingerprint density at radius 3 is 2.70 bits per heavy atom. The molecule has 1 heterocycles. The third-order valence-corrected chi connectivity index (χ3v) is 1.38. The van der Waals surface area contributed by atoms with Crippen molar-refractivity contribution in [1.82, 2.24) is 9.80 Å². The largest absolute Gasteiger partial charge is 0.383 e. The van der Waals surface area contributed by atoms with E-state index in [0.717, 1.165) is 13.2 Å². The van der Waals surface area contributed by atoms with Gasteiger partial charge >= 0.3 is 0 Å². The molecule has 0 saturated carbocycles. The quantitative estimate of drug-likeness (QED) is 0.568. The van der Waals surface area contributed by atoms with Crippen LogP contribution >= 0.6 is 0 Å². The molecule has 0 spiro atoms. The van der Waals surface area contributed by atoms with Gasteiger partial charge in [0.2, 0.25) is 0 Å². The summed E-state index contributed by atoms with van der Waals surface area (Å²) in [5, 5.41) is 0. The number of rotatable bonds is 3. The average Bonchev–Trinajstić information content (AvgIpc) is 2.31. The molecule has 0 bridgehead atoms. The summed E-state index contributed by atoms with van der Waals surface area (Å²) in [5.74, 6) is 0. The van der Waals surface area contributed by atoms with Gasteiger partial charge in [0.05, 0.1) is 6.61 Å². The van der Waals surface area contributed by atoms with Gasteiger partial charge in [-0.15, -0.1) is 0 Å². The molecule has 3 nitrogen and oxygen atoms in total. The lowest BCUT2D eigenvalue weighted by molar-refractivity contribution is 0.174. The number of methoxy groups -OCH3 is 1. The number of nitrogens with zero attached hydrogens (tertiary/aromatic N) is 2. The van der Waals surface area contributed by atoms with E-state index in [9.17, 15) is 0 Å². The third kappa shape index (κ3) is 1.92. The minimum absolute atomic E-state index is 0.772. The summed E-state index contributed by atoms with van der Waals surface area (Å²) in [7, 11) is 3.72. The monoisotopic (exact) mass is 141 g/mol. The van der Waals surface area contributed by atoms with Crippen LogP contribution < -0.4 is 0 Å². The van der Waals surface area contributed by atoms with Gasteiger partial charge in [0, 0.05) is 33.1 Å². The van der Waals surface area contributed by atoms with E-state index in [-0.39, 0.29) is 0 Å². The van der Waals surface area contributed by atoms with Crippen LogP contribution in [-0.2, 0) is 4.74 Å². The Morgan fingerprint density at radius 2 is 2.20 bits per heavy atom. The minimum atomic E-state index is 0.772. The summed E-state index contributed by atoms with van der Waals surface area (Å²) in [4.78, 5) is 4.10. The van der Waals surface area contributed by atoms with Gasteiger partial charge in [-0.05, 0) is 0 Å². The summed E-state index contributed by atoms with van der Waals surface area (Å²) >= 11 is 0. The highest BCUT2D eigenvalue weighted by Gasteiger charge is 2.07. The predicted octanol–water partition coefficient (Wildman–Crippen LogP) is 0.471. The molecule has 0 unspecified atom stereocenters. The smallest absolute Gasteiger partial charge is 0.141 e. The Bertz CT molecular complexity index is 125. The van der Waals surface area contributed by atoms with Crippen molar-refractivity contribution in [1.29, 1.82) is 0 Å². The van der Waals surface area contributed by atoms with E-state index in [1.807, 2.05) is 31.0 Å². The van der Waals surface area contributed by atoms with Gasteiger partial charge in [0.15, 0.2) is 0 Å². The van der Waals surface area contributed by atoms with E-state index in [0.29, 0.717) is 0 Å². The van der Waals surface area contributed by atoms with Crippen molar-refractivity contribution < 1.29 is 4.74 Å². The molecular weight excluding hydrogens is 128 g/mol. The third-order valence-electron chi connectivity index (χ3n) is 1.38. The first-order valence-electron chi connectivity index (χ1n) is 3.33. The molecular formula is C7H13N2O. The first-order valence-corrected chi connectivity index (χ1v) is 3.33. The second kappa shape index (κ2) is 3.46. The summed E-state index contributed by atoms with van der Waals surface area (Å²) in [6.45, 7) is 3.73. The highest BCUT2D eigenvalue weighted by atomic mass is 16.5.